The van der Waals surface area contributed by atoms with Crippen molar-refractivity contribution in [3.63, 3.8) is 0 Å². The number of hydrogen-bond donors (Lipinski definition) is 2. The van der Waals surface area contributed by atoms with Gasteiger partial charge in [-0.05, 0) is 17.7 Å². The van der Waals surface area contributed by atoms with Crippen LogP contribution in [-0.2, 0) is 9.47 Å². The largest absolute Gasteiger partial charge is 0.381 e. The second kappa shape index (κ2) is 5.99. The third-order valence-corrected chi connectivity index (χ3v) is 3.89. The Bertz CT molecular complexity index is 377. The normalized spacial score (nSPS) is 20.6. The highest BCUT2D eigenvalue weighted by atomic mass is 35.5. The van der Waals surface area contributed by atoms with E-state index in [2.05, 4.69) is 5.43 Å². The van der Waals surface area contributed by atoms with Crippen LogP contribution in [0.25, 0.3) is 0 Å². The quantitative estimate of drug-likeness (QED) is 0.649. The summed E-state index contributed by atoms with van der Waals surface area (Å²) in [6, 6.07) is 7.61. The molecule has 1 aliphatic heterocycles. The maximum atomic E-state index is 5.91. The maximum Gasteiger partial charge on any atom is 0.0929 e. The predicted octanol–water partition coefficient (Wildman–Crippen LogP) is 2.04. The van der Waals surface area contributed by atoms with E-state index in [0.29, 0.717) is 18.2 Å². The number of methoxy groups -OCH3 is 1. The topological polar surface area (TPSA) is 56.5 Å². The highest BCUT2D eigenvalue weighted by Crippen LogP contribution is 2.37. The molecular weight excluding hydrogens is 252 g/mol. The molecule has 1 heterocycles. The van der Waals surface area contributed by atoms with Crippen LogP contribution >= 0.6 is 11.6 Å². The van der Waals surface area contributed by atoms with Crippen LogP contribution in [0, 0.1) is 0 Å². The SMILES string of the molecule is COC1(C(NN)c2ccc(Cl)cc2)CCOCC1. The fourth-order valence-corrected chi connectivity index (χ4v) is 2.66. The van der Waals surface area contributed by atoms with Crippen molar-refractivity contribution in [1.29, 1.82) is 0 Å². The van der Waals surface area contributed by atoms with E-state index in [1.54, 1.807) is 7.11 Å². The van der Waals surface area contributed by atoms with Gasteiger partial charge in [-0.2, -0.15) is 0 Å². The second-order valence-electron chi connectivity index (χ2n) is 4.53. The number of halogens is 1. The van der Waals surface area contributed by atoms with Crippen LogP contribution in [0.15, 0.2) is 24.3 Å². The fourth-order valence-electron chi connectivity index (χ4n) is 2.53. The van der Waals surface area contributed by atoms with Gasteiger partial charge in [0.05, 0.1) is 11.6 Å². The van der Waals surface area contributed by atoms with Crippen molar-refractivity contribution in [2.24, 2.45) is 5.84 Å². The lowest BCUT2D eigenvalue weighted by molar-refractivity contribution is -0.111. The molecule has 0 radical (unpaired) electrons. The van der Waals surface area contributed by atoms with Gasteiger partial charge in [-0.1, -0.05) is 23.7 Å². The minimum atomic E-state index is -0.319. The molecule has 0 amide bonds. The molecule has 1 unspecified atom stereocenters. The van der Waals surface area contributed by atoms with Gasteiger partial charge < -0.3 is 9.47 Å². The molecule has 1 fully saturated rings. The Balaban J connectivity index is 2.27. The van der Waals surface area contributed by atoms with Gasteiger partial charge in [0, 0.05) is 38.2 Å². The van der Waals surface area contributed by atoms with Crippen LogP contribution in [0.2, 0.25) is 5.02 Å². The summed E-state index contributed by atoms with van der Waals surface area (Å²) in [5, 5.41) is 0.716. The summed E-state index contributed by atoms with van der Waals surface area (Å²) in [5.74, 6) is 5.73. The molecule has 100 valence electrons. The van der Waals surface area contributed by atoms with E-state index in [1.165, 1.54) is 0 Å². The Morgan fingerprint density at radius 1 is 1.33 bits per heavy atom. The Hall–Kier alpha value is -0.650. The second-order valence-corrected chi connectivity index (χ2v) is 4.97. The standard InChI is InChI=1S/C13H19ClN2O2/c1-17-13(6-8-18-9-7-13)12(16-15)10-2-4-11(14)5-3-10/h2-5,12,16H,6-9,15H2,1H3. The van der Waals surface area contributed by atoms with Crippen molar-refractivity contribution in [2.75, 3.05) is 20.3 Å². The van der Waals surface area contributed by atoms with Gasteiger partial charge in [0.2, 0.25) is 0 Å². The van der Waals surface area contributed by atoms with E-state index in [9.17, 15) is 0 Å². The number of nitrogens with two attached hydrogens (primary N) is 1. The third kappa shape index (κ3) is 2.68. The fraction of sp³-hybridized carbons (Fsp3) is 0.538. The molecule has 3 N–H and O–H groups in total. The molecule has 18 heavy (non-hydrogen) atoms. The maximum absolute atomic E-state index is 5.91. The number of rotatable bonds is 4. The molecule has 1 aromatic carbocycles. The molecule has 1 aromatic rings. The zero-order valence-corrected chi connectivity index (χ0v) is 11.2. The molecule has 4 nitrogen and oxygen atoms in total. The number of hydrazine groups is 1. The molecule has 0 aliphatic carbocycles. The molecule has 1 saturated heterocycles. The summed E-state index contributed by atoms with van der Waals surface area (Å²) >= 11 is 5.91. The van der Waals surface area contributed by atoms with Crippen LogP contribution < -0.4 is 11.3 Å². The number of hydrogen-bond acceptors (Lipinski definition) is 4. The summed E-state index contributed by atoms with van der Waals surface area (Å²) in [7, 11) is 1.73. The minimum Gasteiger partial charge on any atom is -0.381 e. The van der Waals surface area contributed by atoms with Gasteiger partial charge in [-0.25, -0.2) is 0 Å². The van der Waals surface area contributed by atoms with Crippen LogP contribution in [0.3, 0.4) is 0 Å². The van der Waals surface area contributed by atoms with Gasteiger partial charge in [0.15, 0.2) is 0 Å². The van der Waals surface area contributed by atoms with Gasteiger partial charge >= 0.3 is 0 Å². The summed E-state index contributed by atoms with van der Waals surface area (Å²) in [5.41, 5.74) is 3.63. The first-order valence-corrected chi connectivity index (χ1v) is 6.44. The Morgan fingerprint density at radius 2 is 1.94 bits per heavy atom. The van der Waals surface area contributed by atoms with Gasteiger partial charge in [0.25, 0.3) is 0 Å². The van der Waals surface area contributed by atoms with E-state index < -0.39 is 0 Å². The van der Waals surface area contributed by atoms with E-state index in [1.807, 2.05) is 24.3 Å². The first-order chi connectivity index (χ1) is 8.72. The van der Waals surface area contributed by atoms with Crippen LogP contribution in [0.5, 0.6) is 0 Å². The number of nitrogens with one attached hydrogen (secondary N) is 1. The Labute approximate surface area is 112 Å². The summed E-state index contributed by atoms with van der Waals surface area (Å²) in [4.78, 5) is 0. The van der Waals surface area contributed by atoms with Crippen molar-refractivity contribution >= 4 is 11.6 Å². The highest BCUT2D eigenvalue weighted by molar-refractivity contribution is 6.30. The van der Waals surface area contributed by atoms with Crippen LogP contribution in [0.1, 0.15) is 24.4 Å². The van der Waals surface area contributed by atoms with E-state index in [-0.39, 0.29) is 11.6 Å². The van der Waals surface area contributed by atoms with Crippen molar-refractivity contribution in [3.05, 3.63) is 34.9 Å². The van der Waals surface area contributed by atoms with Gasteiger partial charge in [-0.3, -0.25) is 11.3 Å². The molecule has 0 spiro atoms. The smallest absolute Gasteiger partial charge is 0.0929 e. The average Bonchev–Trinajstić information content (AvgIpc) is 2.43. The number of benzene rings is 1. The van der Waals surface area contributed by atoms with Crippen LogP contribution in [0.4, 0.5) is 0 Å². The lowest BCUT2D eigenvalue weighted by atomic mass is 9.82. The molecule has 0 bridgehead atoms. The summed E-state index contributed by atoms with van der Waals surface area (Å²) in [6.45, 7) is 1.39. The molecule has 2 rings (SSSR count). The van der Waals surface area contributed by atoms with E-state index in [4.69, 9.17) is 26.9 Å². The van der Waals surface area contributed by atoms with E-state index in [0.717, 1.165) is 18.4 Å². The minimum absolute atomic E-state index is 0.0660. The van der Waals surface area contributed by atoms with Crippen molar-refractivity contribution in [3.8, 4) is 0 Å². The summed E-state index contributed by atoms with van der Waals surface area (Å²) in [6.07, 6.45) is 1.64. The Morgan fingerprint density at radius 3 is 2.44 bits per heavy atom. The van der Waals surface area contributed by atoms with Crippen LogP contribution in [-0.4, -0.2) is 25.9 Å². The van der Waals surface area contributed by atoms with Crippen molar-refractivity contribution < 1.29 is 9.47 Å². The monoisotopic (exact) mass is 270 g/mol. The third-order valence-electron chi connectivity index (χ3n) is 3.64. The van der Waals surface area contributed by atoms with Crippen molar-refractivity contribution in [2.45, 2.75) is 24.5 Å². The van der Waals surface area contributed by atoms with Gasteiger partial charge in [0.1, 0.15) is 0 Å². The number of ether oxygens (including phenoxy) is 2. The highest BCUT2D eigenvalue weighted by Gasteiger charge is 2.41. The lowest BCUT2D eigenvalue weighted by Gasteiger charge is -2.42. The predicted molar refractivity (Wildman–Crippen MR) is 71.3 cm³/mol. The zero-order valence-electron chi connectivity index (χ0n) is 10.5. The Kier molecular flexibility index (Phi) is 4.59. The molecular formula is C13H19ClN2O2. The molecule has 0 saturated carbocycles. The first kappa shape index (κ1) is 13.8. The average molecular weight is 271 g/mol. The molecule has 1 aliphatic rings. The molecule has 1 atom stereocenters. The van der Waals surface area contributed by atoms with E-state index >= 15 is 0 Å². The van der Waals surface area contributed by atoms with Gasteiger partial charge in [-0.15, -0.1) is 0 Å². The summed E-state index contributed by atoms with van der Waals surface area (Å²) < 4.78 is 11.2. The molecule has 0 aromatic heterocycles. The lowest BCUT2D eigenvalue weighted by Crippen LogP contribution is -2.51. The first-order valence-electron chi connectivity index (χ1n) is 6.06. The van der Waals surface area contributed by atoms with Crippen molar-refractivity contribution in [1.82, 2.24) is 5.43 Å². The molecule has 5 heteroatoms. The zero-order chi connectivity index (χ0) is 13.0.